The Morgan fingerprint density at radius 2 is 2.05 bits per heavy atom. The van der Waals surface area contributed by atoms with Crippen molar-refractivity contribution in [2.45, 2.75) is 32.5 Å². The molecule has 2 atom stereocenters. The summed E-state index contributed by atoms with van der Waals surface area (Å²) in [5.41, 5.74) is 1.12. The number of anilines is 1. The van der Waals surface area contributed by atoms with E-state index in [1.165, 1.54) is 0 Å². The molecule has 2 heterocycles. The molecule has 0 bridgehead atoms. The second-order valence-corrected chi connectivity index (χ2v) is 5.80. The Bertz CT molecular complexity index is 605. The van der Waals surface area contributed by atoms with E-state index in [1.54, 1.807) is 6.20 Å². The fourth-order valence-corrected chi connectivity index (χ4v) is 2.62. The summed E-state index contributed by atoms with van der Waals surface area (Å²) in [5.74, 6) is 1.45. The smallest absolute Gasteiger partial charge is 0.234 e. The highest BCUT2D eigenvalue weighted by atomic mass is 16.5. The van der Waals surface area contributed by atoms with Gasteiger partial charge in [-0.15, -0.1) is 0 Å². The lowest BCUT2D eigenvalue weighted by molar-refractivity contribution is 0.292. The number of hydrogen-bond donors (Lipinski definition) is 1. The number of ether oxygens (including phenoxy) is 1. The molecule has 1 aliphatic heterocycles. The van der Waals surface area contributed by atoms with Gasteiger partial charge in [0.25, 0.3) is 0 Å². The van der Waals surface area contributed by atoms with Crippen molar-refractivity contribution in [2.24, 2.45) is 0 Å². The Hall–Kier alpha value is -2.14. The van der Waals surface area contributed by atoms with Crippen LogP contribution in [-0.4, -0.2) is 35.1 Å². The van der Waals surface area contributed by atoms with Gasteiger partial charge in [0.1, 0.15) is 6.61 Å². The average Bonchev–Trinajstić information content (AvgIpc) is 2.56. The quantitative estimate of drug-likeness (QED) is 0.938. The van der Waals surface area contributed by atoms with Gasteiger partial charge in [0.2, 0.25) is 5.88 Å². The van der Waals surface area contributed by atoms with Crippen LogP contribution in [0.25, 0.3) is 0 Å². The minimum Gasteiger partial charge on any atom is -0.472 e. The fourth-order valence-electron chi connectivity index (χ4n) is 2.62. The van der Waals surface area contributed by atoms with E-state index < -0.39 is 0 Å². The second kappa shape index (κ2) is 6.75. The van der Waals surface area contributed by atoms with E-state index in [0.717, 1.165) is 24.5 Å². The van der Waals surface area contributed by atoms with Gasteiger partial charge in [-0.2, -0.15) is 4.98 Å². The molecule has 0 amide bonds. The predicted molar refractivity (Wildman–Crippen MR) is 87.1 cm³/mol. The normalized spacial score (nSPS) is 21.6. The summed E-state index contributed by atoms with van der Waals surface area (Å²) in [6, 6.07) is 10.9. The number of piperazine rings is 1. The number of aromatic nitrogens is 2. The minimum atomic E-state index is 0.398. The SMILES string of the molecule is C[C@@H]1CN[C@@H](C)CN1c1cncc(OCc2ccccc2)n1. The molecule has 0 radical (unpaired) electrons. The fraction of sp³-hybridized carbons (Fsp3) is 0.412. The predicted octanol–water partition coefficient (Wildman–Crippen LogP) is 2.24. The highest BCUT2D eigenvalue weighted by Gasteiger charge is 2.23. The van der Waals surface area contributed by atoms with Gasteiger partial charge in [-0.1, -0.05) is 30.3 Å². The standard InChI is InChI=1S/C17H22N4O/c1-13-11-21(14(2)8-19-13)16-9-18-10-17(20-16)22-12-15-6-4-3-5-7-15/h3-7,9-10,13-14,19H,8,11-12H2,1-2H3/t13-,14+/m0/s1. The molecule has 3 rings (SSSR count). The van der Waals surface area contributed by atoms with Crippen molar-refractivity contribution in [2.75, 3.05) is 18.0 Å². The van der Waals surface area contributed by atoms with Gasteiger partial charge >= 0.3 is 0 Å². The third-order valence-corrected chi connectivity index (χ3v) is 3.89. The molecule has 0 saturated carbocycles. The van der Waals surface area contributed by atoms with E-state index in [0.29, 0.717) is 24.6 Å². The van der Waals surface area contributed by atoms with E-state index in [-0.39, 0.29) is 0 Å². The van der Waals surface area contributed by atoms with E-state index >= 15 is 0 Å². The van der Waals surface area contributed by atoms with Crippen molar-refractivity contribution in [3.05, 3.63) is 48.3 Å². The molecule has 1 fully saturated rings. The van der Waals surface area contributed by atoms with Gasteiger partial charge in [-0.3, -0.25) is 4.98 Å². The molecule has 116 valence electrons. The van der Waals surface area contributed by atoms with Crippen molar-refractivity contribution < 1.29 is 4.74 Å². The summed E-state index contributed by atoms with van der Waals surface area (Å²) in [5, 5.41) is 3.47. The molecule has 0 aliphatic carbocycles. The van der Waals surface area contributed by atoms with Crippen molar-refractivity contribution in [3.63, 3.8) is 0 Å². The van der Waals surface area contributed by atoms with Crippen LogP contribution >= 0.6 is 0 Å². The monoisotopic (exact) mass is 298 g/mol. The summed E-state index contributed by atoms with van der Waals surface area (Å²) >= 11 is 0. The van der Waals surface area contributed by atoms with E-state index in [2.05, 4.69) is 34.0 Å². The Labute approximate surface area is 131 Å². The number of nitrogens with one attached hydrogen (secondary N) is 1. The highest BCUT2D eigenvalue weighted by molar-refractivity contribution is 5.40. The zero-order valence-electron chi connectivity index (χ0n) is 13.1. The lowest BCUT2D eigenvalue weighted by atomic mass is 10.1. The van der Waals surface area contributed by atoms with Gasteiger partial charge in [-0.25, -0.2) is 0 Å². The van der Waals surface area contributed by atoms with E-state index in [4.69, 9.17) is 4.74 Å². The van der Waals surface area contributed by atoms with E-state index in [9.17, 15) is 0 Å². The van der Waals surface area contributed by atoms with Gasteiger partial charge in [-0.05, 0) is 19.4 Å². The molecule has 0 unspecified atom stereocenters. The van der Waals surface area contributed by atoms with Crippen LogP contribution in [0.1, 0.15) is 19.4 Å². The van der Waals surface area contributed by atoms with Crippen LogP contribution in [0.3, 0.4) is 0 Å². The topological polar surface area (TPSA) is 50.3 Å². The molecule has 1 aliphatic rings. The van der Waals surface area contributed by atoms with Crippen LogP contribution in [0.4, 0.5) is 5.82 Å². The molecular weight excluding hydrogens is 276 g/mol. The summed E-state index contributed by atoms with van der Waals surface area (Å²) < 4.78 is 5.77. The Kier molecular flexibility index (Phi) is 4.53. The molecule has 1 aromatic carbocycles. The molecule has 1 N–H and O–H groups in total. The van der Waals surface area contributed by atoms with Crippen LogP contribution in [-0.2, 0) is 6.61 Å². The molecule has 0 spiro atoms. The van der Waals surface area contributed by atoms with Crippen molar-refractivity contribution in [3.8, 4) is 5.88 Å². The van der Waals surface area contributed by atoms with Gasteiger partial charge in [0.15, 0.2) is 5.82 Å². The van der Waals surface area contributed by atoms with Gasteiger partial charge in [0.05, 0.1) is 12.4 Å². The number of nitrogens with zero attached hydrogens (tertiary/aromatic N) is 3. The first-order valence-corrected chi connectivity index (χ1v) is 7.71. The van der Waals surface area contributed by atoms with Crippen LogP contribution in [0.2, 0.25) is 0 Å². The van der Waals surface area contributed by atoms with E-state index in [1.807, 2.05) is 36.5 Å². The molecule has 1 saturated heterocycles. The first-order chi connectivity index (χ1) is 10.7. The lowest BCUT2D eigenvalue weighted by Crippen LogP contribution is -2.54. The third-order valence-electron chi connectivity index (χ3n) is 3.89. The first kappa shape index (κ1) is 14.8. The summed E-state index contributed by atoms with van der Waals surface area (Å²) in [7, 11) is 0. The number of hydrogen-bond acceptors (Lipinski definition) is 5. The molecule has 5 nitrogen and oxygen atoms in total. The van der Waals surface area contributed by atoms with Crippen LogP contribution in [0.15, 0.2) is 42.7 Å². The first-order valence-electron chi connectivity index (χ1n) is 7.71. The summed E-state index contributed by atoms with van der Waals surface area (Å²) in [6.07, 6.45) is 3.48. The molecule has 1 aromatic heterocycles. The molecule has 2 aromatic rings. The molecule has 22 heavy (non-hydrogen) atoms. The zero-order chi connectivity index (χ0) is 15.4. The van der Waals surface area contributed by atoms with Crippen LogP contribution in [0.5, 0.6) is 5.88 Å². The minimum absolute atomic E-state index is 0.398. The maximum atomic E-state index is 5.77. The lowest BCUT2D eigenvalue weighted by Gasteiger charge is -2.38. The number of rotatable bonds is 4. The maximum Gasteiger partial charge on any atom is 0.234 e. The largest absolute Gasteiger partial charge is 0.472 e. The van der Waals surface area contributed by atoms with Crippen LogP contribution < -0.4 is 15.0 Å². The van der Waals surface area contributed by atoms with Gasteiger partial charge < -0.3 is 15.0 Å². The Balaban J connectivity index is 1.69. The van der Waals surface area contributed by atoms with Crippen molar-refractivity contribution >= 4 is 5.82 Å². The third kappa shape index (κ3) is 3.54. The Morgan fingerprint density at radius 1 is 1.23 bits per heavy atom. The van der Waals surface area contributed by atoms with Crippen molar-refractivity contribution in [1.82, 2.24) is 15.3 Å². The zero-order valence-corrected chi connectivity index (χ0v) is 13.1. The second-order valence-electron chi connectivity index (χ2n) is 5.80. The Morgan fingerprint density at radius 3 is 2.86 bits per heavy atom. The highest BCUT2D eigenvalue weighted by Crippen LogP contribution is 2.19. The summed E-state index contributed by atoms with van der Waals surface area (Å²) in [6.45, 7) is 6.77. The molecule has 5 heteroatoms. The number of benzene rings is 1. The average molecular weight is 298 g/mol. The maximum absolute atomic E-state index is 5.77. The van der Waals surface area contributed by atoms with Gasteiger partial charge in [0, 0.05) is 25.2 Å². The van der Waals surface area contributed by atoms with Crippen LogP contribution in [0, 0.1) is 0 Å². The van der Waals surface area contributed by atoms with Crippen molar-refractivity contribution in [1.29, 1.82) is 0 Å². The molecular formula is C17H22N4O. The summed E-state index contributed by atoms with van der Waals surface area (Å²) in [4.78, 5) is 11.2.